The minimum Gasteiger partial charge on any atom is -0.455 e. The van der Waals surface area contributed by atoms with E-state index in [2.05, 4.69) is 5.32 Å². The standard InChI is InChI=1S/C16H15NO3/c1-11-9-14(8-7-13(11)10-18)20-16-6-4-3-5-15(16)17-12(2)19/h3-10H,1-2H3,(H,17,19). The Morgan fingerprint density at radius 2 is 1.95 bits per heavy atom. The van der Waals surface area contributed by atoms with E-state index < -0.39 is 0 Å². The number of carbonyl (C=O) groups is 2. The first-order valence-electron chi connectivity index (χ1n) is 6.20. The van der Waals surface area contributed by atoms with Crippen LogP contribution in [0, 0.1) is 6.92 Å². The summed E-state index contributed by atoms with van der Waals surface area (Å²) in [6.07, 6.45) is 0.810. The second-order valence-corrected chi connectivity index (χ2v) is 4.42. The molecular formula is C16H15NO3. The van der Waals surface area contributed by atoms with E-state index in [4.69, 9.17) is 4.74 Å². The highest BCUT2D eigenvalue weighted by atomic mass is 16.5. The summed E-state index contributed by atoms with van der Waals surface area (Å²) in [5, 5.41) is 2.71. The van der Waals surface area contributed by atoms with Crippen molar-refractivity contribution in [3.05, 3.63) is 53.6 Å². The van der Waals surface area contributed by atoms with Gasteiger partial charge in [-0.15, -0.1) is 0 Å². The Labute approximate surface area is 117 Å². The SMILES string of the molecule is CC(=O)Nc1ccccc1Oc1ccc(C=O)c(C)c1. The van der Waals surface area contributed by atoms with Crippen molar-refractivity contribution < 1.29 is 14.3 Å². The summed E-state index contributed by atoms with van der Waals surface area (Å²) in [6, 6.07) is 12.4. The van der Waals surface area contributed by atoms with E-state index in [1.807, 2.05) is 19.1 Å². The van der Waals surface area contributed by atoms with Crippen LogP contribution >= 0.6 is 0 Å². The predicted octanol–water partition coefficient (Wildman–Crippen LogP) is 3.56. The number of nitrogens with one attached hydrogen (secondary N) is 1. The smallest absolute Gasteiger partial charge is 0.221 e. The number of benzene rings is 2. The molecule has 0 aliphatic rings. The van der Waals surface area contributed by atoms with E-state index >= 15 is 0 Å². The molecule has 102 valence electrons. The fourth-order valence-corrected chi connectivity index (χ4v) is 1.82. The third-order valence-corrected chi connectivity index (χ3v) is 2.79. The normalized spacial score (nSPS) is 9.90. The van der Waals surface area contributed by atoms with Gasteiger partial charge in [-0.3, -0.25) is 9.59 Å². The Hall–Kier alpha value is -2.62. The number of hydrogen-bond acceptors (Lipinski definition) is 3. The molecule has 0 aliphatic heterocycles. The van der Waals surface area contributed by atoms with Gasteiger partial charge in [0.1, 0.15) is 12.0 Å². The average Bonchev–Trinajstić information content (AvgIpc) is 2.41. The maximum absolute atomic E-state index is 11.1. The van der Waals surface area contributed by atoms with Gasteiger partial charge in [-0.2, -0.15) is 0 Å². The van der Waals surface area contributed by atoms with Crippen molar-refractivity contribution in [1.29, 1.82) is 0 Å². The number of amides is 1. The lowest BCUT2D eigenvalue weighted by Gasteiger charge is -2.12. The number of carbonyl (C=O) groups excluding carboxylic acids is 2. The van der Waals surface area contributed by atoms with E-state index in [9.17, 15) is 9.59 Å². The quantitative estimate of drug-likeness (QED) is 0.863. The number of hydrogen-bond donors (Lipinski definition) is 1. The second kappa shape index (κ2) is 6.02. The highest BCUT2D eigenvalue weighted by molar-refractivity contribution is 5.90. The minimum absolute atomic E-state index is 0.159. The van der Waals surface area contributed by atoms with Gasteiger partial charge in [-0.1, -0.05) is 12.1 Å². The fraction of sp³-hybridized carbons (Fsp3) is 0.125. The van der Waals surface area contributed by atoms with Crippen LogP contribution in [0.3, 0.4) is 0 Å². The van der Waals surface area contributed by atoms with Crippen LogP contribution in [-0.4, -0.2) is 12.2 Å². The molecule has 0 heterocycles. The number of ether oxygens (including phenoxy) is 1. The number of para-hydroxylation sites is 2. The van der Waals surface area contributed by atoms with Crippen molar-refractivity contribution in [3.63, 3.8) is 0 Å². The zero-order valence-corrected chi connectivity index (χ0v) is 11.3. The lowest BCUT2D eigenvalue weighted by molar-refractivity contribution is -0.114. The summed E-state index contributed by atoms with van der Waals surface area (Å²) in [4.78, 5) is 21.9. The van der Waals surface area contributed by atoms with Crippen LogP contribution in [0.5, 0.6) is 11.5 Å². The molecule has 0 bridgehead atoms. The van der Waals surface area contributed by atoms with E-state index in [0.717, 1.165) is 11.8 Å². The average molecular weight is 269 g/mol. The molecule has 0 saturated heterocycles. The summed E-state index contributed by atoms with van der Waals surface area (Å²) in [6.45, 7) is 3.29. The summed E-state index contributed by atoms with van der Waals surface area (Å²) in [7, 11) is 0. The van der Waals surface area contributed by atoms with Gasteiger partial charge in [0.25, 0.3) is 0 Å². The lowest BCUT2D eigenvalue weighted by Crippen LogP contribution is -2.06. The number of rotatable bonds is 4. The Morgan fingerprint density at radius 3 is 2.60 bits per heavy atom. The van der Waals surface area contributed by atoms with E-state index in [-0.39, 0.29) is 5.91 Å². The molecule has 0 atom stereocenters. The molecule has 4 heteroatoms. The molecule has 2 aromatic rings. The molecule has 0 aromatic heterocycles. The van der Waals surface area contributed by atoms with Gasteiger partial charge in [-0.25, -0.2) is 0 Å². The van der Waals surface area contributed by atoms with E-state index in [0.29, 0.717) is 22.7 Å². The van der Waals surface area contributed by atoms with Gasteiger partial charge >= 0.3 is 0 Å². The van der Waals surface area contributed by atoms with Gasteiger partial charge in [0, 0.05) is 12.5 Å². The molecule has 0 aliphatic carbocycles. The molecule has 0 fully saturated rings. The van der Waals surface area contributed by atoms with Crippen molar-refractivity contribution in [2.45, 2.75) is 13.8 Å². The highest BCUT2D eigenvalue weighted by Crippen LogP contribution is 2.30. The van der Waals surface area contributed by atoms with E-state index in [1.54, 1.807) is 30.3 Å². The summed E-state index contributed by atoms with van der Waals surface area (Å²) >= 11 is 0. The van der Waals surface area contributed by atoms with Gasteiger partial charge in [0.05, 0.1) is 5.69 Å². The van der Waals surface area contributed by atoms with Crippen LogP contribution < -0.4 is 10.1 Å². The fourth-order valence-electron chi connectivity index (χ4n) is 1.82. The van der Waals surface area contributed by atoms with Crippen LogP contribution in [0.25, 0.3) is 0 Å². The Bertz CT molecular complexity index is 650. The first kappa shape index (κ1) is 13.8. The molecule has 1 N–H and O–H groups in total. The van der Waals surface area contributed by atoms with E-state index in [1.165, 1.54) is 6.92 Å². The van der Waals surface area contributed by atoms with Crippen LogP contribution in [0.4, 0.5) is 5.69 Å². The Morgan fingerprint density at radius 1 is 1.20 bits per heavy atom. The van der Waals surface area contributed by atoms with Crippen LogP contribution in [0.1, 0.15) is 22.8 Å². The zero-order valence-electron chi connectivity index (χ0n) is 11.3. The summed E-state index contributed by atoms with van der Waals surface area (Å²) in [5.74, 6) is 1.01. The van der Waals surface area contributed by atoms with Gasteiger partial charge < -0.3 is 10.1 Å². The highest BCUT2D eigenvalue weighted by Gasteiger charge is 2.06. The van der Waals surface area contributed by atoms with Crippen molar-refractivity contribution in [1.82, 2.24) is 0 Å². The molecule has 0 radical (unpaired) electrons. The number of aldehydes is 1. The second-order valence-electron chi connectivity index (χ2n) is 4.42. The maximum atomic E-state index is 11.1. The molecule has 20 heavy (non-hydrogen) atoms. The van der Waals surface area contributed by atoms with Crippen molar-refractivity contribution in [2.75, 3.05) is 5.32 Å². The maximum Gasteiger partial charge on any atom is 0.221 e. The zero-order chi connectivity index (χ0) is 14.5. The Balaban J connectivity index is 2.28. The number of aryl methyl sites for hydroxylation is 1. The largest absolute Gasteiger partial charge is 0.455 e. The first-order valence-corrected chi connectivity index (χ1v) is 6.20. The molecule has 2 rings (SSSR count). The van der Waals surface area contributed by atoms with Crippen LogP contribution in [0.15, 0.2) is 42.5 Å². The van der Waals surface area contributed by atoms with Crippen molar-refractivity contribution in [3.8, 4) is 11.5 Å². The van der Waals surface area contributed by atoms with Gasteiger partial charge in [0.15, 0.2) is 5.75 Å². The molecule has 4 nitrogen and oxygen atoms in total. The van der Waals surface area contributed by atoms with Gasteiger partial charge in [-0.05, 0) is 42.8 Å². The first-order chi connectivity index (χ1) is 9.60. The van der Waals surface area contributed by atoms with Crippen molar-refractivity contribution >= 4 is 17.9 Å². The molecule has 0 saturated carbocycles. The topological polar surface area (TPSA) is 55.4 Å². The summed E-state index contributed by atoms with van der Waals surface area (Å²) < 4.78 is 5.76. The van der Waals surface area contributed by atoms with Gasteiger partial charge in [0.2, 0.25) is 5.91 Å². The third-order valence-electron chi connectivity index (χ3n) is 2.79. The van der Waals surface area contributed by atoms with Crippen LogP contribution in [-0.2, 0) is 4.79 Å². The molecule has 0 spiro atoms. The van der Waals surface area contributed by atoms with Crippen LogP contribution in [0.2, 0.25) is 0 Å². The third kappa shape index (κ3) is 3.23. The predicted molar refractivity (Wildman–Crippen MR) is 77.4 cm³/mol. The minimum atomic E-state index is -0.159. The molecule has 2 aromatic carbocycles. The molecule has 0 unspecified atom stereocenters. The Kier molecular flexibility index (Phi) is 4.15. The molecule has 1 amide bonds. The number of anilines is 1. The van der Waals surface area contributed by atoms with Crippen molar-refractivity contribution in [2.24, 2.45) is 0 Å². The monoisotopic (exact) mass is 269 g/mol. The summed E-state index contributed by atoms with van der Waals surface area (Å²) in [5.41, 5.74) is 2.08. The lowest BCUT2D eigenvalue weighted by atomic mass is 10.1. The molecular weight excluding hydrogens is 254 g/mol.